The summed E-state index contributed by atoms with van der Waals surface area (Å²) < 4.78 is 4.99. The van der Waals surface area contributed by atoms with Gasteiger partial charge in [-0.15, -0.1) is 11.3 Å². The van der Waals surface area contributed by atoms with Gasteiger partial charge in [0.1, 0.15) is 0 Å². The molecule has 0 unspecified atom stereocenters. The number of thiophene rings is 1. The average molecular weight is 769 g/mol. The molecule has 2 aromatic heterocycles. The number of benzene rings is 10. The van der Waals surface area contributed by atoms with Crippen molar-refractivity contribution >= 4 is 91.9 Å². The van der Waals surface area contributed by atoms with Crippen molar-refractivity contribution in [2.45, 2.75) is 0 Å². The second kappa shape index (κ2) is 13.6. The highest BCUT2D eigenvalue weighted by Crippen LogP contribution is 2.45. The summed E-state index contributed by atoms with van der Waals surface area (Å²) in [5.74, 6) is 0. The van der Waals surface area contributed by atoms with Gasteiger partial charge >= 0.3 is 0 Å². The van der Waals surface area contributed by atoms with E-state index in [0.29, 0.717) is 0 Å². The van der Waals surface area contributed by atoms with E-state index >= 15 is 0 Å². The molecule has 12 rings (SSSR count). The first-order valence-corrected chi connectivity index (χ1v) is 21.0. The van der Waals surface area contributed by atoms with Crippen LogP contribution in [-0.2, 0) is 0 Å². The van der Waals surface area contributed by atoms with Gasteiger partial charge in [0.2, 0.25) is 0 Å². The molecule has 0 spiro atoms. The van der Waals surface area contributed by atoms with Gasteiger partial charge in [0.25, 0.3) is 0 Å². The molecule has 0 bridgehead atoms. The highest BCUT2D eigenvalue weighted by atomic mass is 32.1. The first-order valence-electron chi connectivity index (χ1n) is 20.2. The molecule has 0 amide bonds. The zero-order chi connectivity index (χ0) is 38.9. The van der Waals surface area contributed by atoms with E-state index in [9.17, 15) is 0 Å². The maximum absolute atomic E-state index is 2.45. The van der Waals surface area contributed by atoms with E-state index in [2.05, 4.69) is 228 Å². The molecule has 0 radical (unpaired) electrons. The maximum Gasteiger partial charge on any atom is 0.0561 e. The van der Waals surface area contributed by atoms with E-state index in [0.717, 1.165) is 22.7 Å². The summed E-state index contributed by atoms with van der Waals surface area (Å²) in [4.78, 5) is 2.45. The van der Waals surface area contributed by atoms with Crippen LogP contribution in [0.3, 0.4) is 0 Å². The zero-order valence-electron chi connectivity index (χ0n) is 32.1. The van der Waals surface area contributed by atoms with Crippen molar-refractivity contribution in [3.05, 3.63) is 218 Å². The van der Waals surface area contributed by atoms with Crippen molar-refractivity contribution < 1.29 is 0 Å². The molecule has 59 heavy (non-hydrogen) atoms. The summed E-state index contributed by atoms with van der Waals surface area (Å²) >= 11 is 1.87. The largest absolute Gasteiger partial charge is 0.310 e. The Morgan fingerprint density at radius 2 is 0.949 bits per heavy atom. The van der Waals surface area contributed by atoms with Crippen LogP contribution in [0.5, 0.6) is 0 Å². The summed E-state index contributed by atoms with van der Waals surface area (Å²) in [6, 6.07) is 80.0. The SMILES string of the molecule is c1ccc(-c2cccc3cccc(-c4cccc(N(c5ccc6c(c5)sc5ccc7ccccc7c56)c5ccc6c7ccccc7n(-c7ccccc7)c6c5)c4)c23)cc1. The van der Waals surface area contributed by atoms with Gasteiger partial charge in [-0.3, -0.25) is 0 Å². The highest BCUT2D eigenvalue weighted by Gasteiger charge is 2.20. The Hall–Kier alpha value is -7.46. The minimum absolute atomic E-state index is 1.10. The number of rotatable bonds is 6. The Bertz CT molecular complexity index is 3560. The molecule has 0 saturated heterocycles. The van der Waals surface area contributed by atoms with Gasteiger partial charge in [0.15, 0.2) is 0 Å². The second-order valence-electron chi connectivity index (χ2n) is 15.3. The van der Waals surface area contributed by atoms with Crippen molar-refractivity contribution in [2.24, 2.45) is 0 Å². The molecule has 0 saturated carbocycles. The van der Waals surface area contributed by atoms with E-state index in [-0.39, 0.29) is 0 Å². The quantitative estimate of drug-likeness (QED) is 0.164. The van der Waals surface area contributed by atoms with Crippen LogP contribution >= 0.6 is 11.3 Å². The van der Waals surface area contributed by atoms with E-state index in [1.807, 2.05) is 11.3 Å². The fourth-order valence-corrected chi connectivity index (χ4v) is 10.5. The second-order valence-corrected chi connectivity index (χ2v) is 16.4. The molecule has 0 fully saturated rings. The summed E-state index contributed by atoms with van der Waals surface area (Å²) in [5, 5.41) is 10.2. The van der Waals surface area contributed by atoms with E-state index in [4.69, 9.17) is 0 Å². The number of aromatic nitrogens is 1. The fraction of sp³-hybridized carbons (Fsp3) is 0. The minimum Gasteiger partial charge on any atom is -0.310 e. The van der Waals surface area contributed by atoms with Crippen LogP contribution in [0.1, 0.15) is 0 Å². The van der Waals surface area contributed by atoms with Crippen LogP contribution in [-0.4, -0.2) is 4.57 Å². The van der Waals surface area contributed by atoms with Crippen molar-refractivity contribution in [3.8, 4) is 27.9 Å². The predicted octanol–water partition coefficient (Wildman–Crippen LogP) is 16.3. The van der Waals surface area contributed by atoms with Crippen molar-refractivity contribution in [1.29, 1.82) is 0 Å². The van der Waals surface area contributed by atoms with Crippen LogP contribution in [0.15, 0.2) is 218 Å². The Balaban J connectivity index is 1.10. The van der Waals surface area contributed by atoms with Crippen LogP contribution < -0.4 is 4.90 Å². The molecular formula is C56H36N2S. The van der Waals surface area contributed by atoms with E-state index in [1.165, 1.54) is 85.8 Å². The van der Waals surface area contributed by atoms with E-state index in [1.54, 1.807) is 0 Å². The van der Waals surface area contributed by atoms with Crippen molar-refractivity contribution in [2.75, 3.05) is 4.90 Å². The number of nitrogens with zero attached hydrogens (tertiary/aromatic N) is 2. The smallest absolute Gasteiger partial charge is 0.0561 e. The van der Waals surface area contributed by atoms with Crippen LogP contribution in [0.4, 0.5) is 17.1 Å². The van der Waals surface area contributed by atoms with Gasteiger partial charge in [-0.25, -0.2) is 0 Å². The molecular weight excluding hydrogens is 733 g/mol. The van der Waals surface area contributed by atoms with Crippen molar-refractivity contribution in [3.63, 3.8) is 0 Å². The molecule has 0 aliphatic carbocycles. The van der Waals surface area contributed by atoms with Crippen molar-refractivity contribution in [1.82, 2.24) is 4.57 Å². The monoisotopic (exact) mass is 768 g/mol. The first-order chi connectivity index (χ1) is 29.3. The Morgan fingerprint density at radius 3 is 1.78 bits per heavy atom. The predicted molar refractivity (Wildman–Crippen MR) is 254 cm³/mol. The highest BCUT2D eigenvalue weighted by molar-refractivity contribution is 7.26. The lowest BCUT2D eigenvalue weighted by molar-refractivity contribution is 1.18. The van der Waals surface area contributed by atoms with Crippen LogP contribution in [0.2, 0.25) is 0 Å². The molecule has 10 aromatic carbocycles. The fourth-order valence-electron chi connectivity index (χ4n) is 9.33. The maximum atomic E-state index is 2.45. The third-order valence-electron chi connectivity index (χ3n) is 11.9. The Kier molecular flexibility index (Phi) is 7.75. The summed E-state index contributed by atoms with van der Waals surface area (Å²) in [6.07, 6.45) is 0. The van der Waals surface area contributed by atoms with Gasteiger partial charge in [0, 0.05) is 53.7 Å². The average Bonchev–Trinajstić information content (AvgIpc) is 3.85. The number of anilines is 3. The number of hydrogen-bond donors (Lipinski definition) is 0. The molecule has 0 aliphatic heterocycles. The van der Waals surface area contributed by atoms with Crippen LogP contribution in [0, 0.1) is 0 Å². The third-order valence-corrected chi connectivity index (χ3v) is 13.1. The van der Waals surface area contributed by atoms with Crippen LogP contribution in [0.25, 0.3) is 91.5 Å². The van der Waals surface area contributed by atoms with Gasteiger partial charge < -0.3 is 9.47 Å². The molecule has 3 heteroatoms. The summed E-state index contributed by atoms with van der Waals surface area (Å²) in [5.41, 5.74) is 11.7. The number of fused-ring (bicyclic) bond motifs is 9. The normalized spacial score (nSPS) is 11.7. The number of hydrogen-bond acceptors (Lipinski definition) is 2. The van der Waals surface area contributed by atoms with Gasteiger partial charge in [-0.05, 0) is 104 Å². The molecule has 0 aliphatic rings. The summed E-state index contributed by atoms with van der Waals surface area (Å²) in [6.45, 7) is 0. The Labute approximate surface area is 346 Å². The first kappa shape index (κ1) is 33.7. The molecule has 12 aromatic rings. The van der Waals surface area contributed by atoms with Gasteiger partial charge in [0.05, 0.1) is 11.0 Å². The molecule has 0 N–H and O–H groups in total. The molecule has 2 nitrogen and oxygen atoms in total. The molecule has 2 heterocycles. The number of para-hydroxylation sites is 2. The minimum atomic E-state index is 1.10. The Morgan fingerprint density at radius 1 is 0.339 bits per heavy atom. The lowest BCUT2D eigenvalue weighted by atomic mass is 9.91. The van der Waals surface area contributed by atoms with E-state index < -0.39 is 0 Å². The van der Waals surface area contributed by atoms with Gasteiger partial charge in [-0.2, -0.15) is 0 Å². The standard InChI is InChI=1S/C56H36N2S/c1-3-14-37(15-4-1)45-25-12-17-39-18-13-26-47(55(39)45)40-19-11-22-42(34-40)57(44-30-32-50-54(36-44)59-53-33-28-38-16-7-8-23-46(38)56(50)53)43-29-31-49-48-24-9-10-27-51(48)58(52(49)35-43)41-20-5-2-6-21-41/h1-36H. The molecule has 276 valence electrons. The van der Waals surface area contributed by atoms with Gasteiger partial charge in [-0.1, -0.05) is 158 Å². The third kappa shape index (κ3) is 5.47. The lowest BCUT2D eigenvalue weighted by Crippen LogP contribution is -2.10. The summed E-state index contributed by atoms with van der Waals surface area (Å²) in [7, 11) is 0. The lowest BCUT2D eigenvalue weighted by Gasteiger charge is -2.26. The molecule has 0 atom stereocenters. The zero-order valence-corrected chi connectivity index (χ0v) is 32.9. The topological polar surface area (TPSA) is 8.17 Å².